The summed E-state index contributed by atoms with van der Waals surface area (Å²) in [5, 5.41) is 0. The Balaban J connectivity index is 2.05. The molecule has 0 unspecified atom stereocenters. The first-order valence-electron chi connectivity index (χ1n) is 10.1. The Bertz CT molecular complexity index is 1020. The van der Waals surface area contributed by atoms with Gasteiger partial charge in [0.25, 0.3) is 0 Å². The number of carbonyl (C=O) groups is 1. The van der Waals surface area contributed by atoms with E-state index in [1.165, 1.54) is 27.8 Å². The standard InChI is InChI=1S/C26H27NO/c1-15(2)17-13-14-22(23(16(3)4)25(17)26(27)28)24-20-11-7-5-9-18(20)19-10-6-8-12-21(19)24/h5-16,24H,1-4H3,(H2,27,28). The molecule has 0 radical (unpaired) electrons. The highest BCUT2D eigenvalue weighted by molar-refractivity contribution is 5.97. The SMILES string of the molecule is CC(C)c1ccc(C2c3ccccc3-c3ccccc32)c(C(C)C)c1C(N)=O. The molecule has 2 heteroatoms. The number of nitrogens with two attached hydrogens (primary N) is 1. The van der Waals surface area contributed by atoms with Crippen LogP contribution in [0.2, 0.25) is 0 Å². The molecule has 0 atom stereocenters. The maximum Gasteiger partial charge on any atom is 0.249 e. The zero-order valence-corrected chi connectivity index (χ0v) is 17.0. The van der Waals surface area contributed by atoms with Gasteiger partial charge in [-0.15, -0.1) is 0 Å². The quantitative estimate of drug-likeness (QED) is 0.458. The van der Waals surface area contributed by atoms with Crippen LogP contribution in [0, 0.1) is 0 Å². The molecular formula is C26H27NO. The number of rotatable bonds is 4. The lowest BCUT2D eigenvalue weighted by atomic mass is 9.78. The number of benzene rings is 3. The van der Waals surface area contributed by atoms with Gasteiger partial charge in [-0.25, -0.2) is 0 Å². The zero-order chi connectivity index (χ0) is 20.0. The van der Waals surface area contributed by atoms with Crippen LogP contribution in [-0.2, 0) is 0 Å². The third-order valence-electron chi connectivity index (χ3n) is 5.90. The maximum absolute atomic E-state index is 12.5. The van der Waals surface area contributed by atoms with Crippen LogP contribution in [0.25, 0.3) is 11.1 Å². The molecule has 0 heterocycles. The van der Waals surface area contributed by atoms with Crippen molar-refractivity contribution in [1.29, 1.82) is 0 Å². The number of hydrogen-bond donors (Lipinski definition) is 1. The third-order valence-corrected chi connectivity index (χ3v) is 5.90. The van der Waals surface area contributed by atoms with E-state index in [9.17, 15) is 4.79 Å². The van der Waals surface area contributed by atoms with Gasteiger partial charge in [0.2, 0.25) is 5.91 Å². The summed E-state index contributed by atoms with van der Waals surface area (Å²) in [5.74, 6) is 0.256. The van der Waals surface area contributed by atoms with E-state index in [4.69, 9.17) is 5.73 Å². The number of amides is 1. The molecule has 28 heavy (non-hydrogen) atoms. The van der Waals surface area contributed by atoms with Crippen LogP contribution in [-0.4, -0.2) is 5.91 Å². The first-order chi connectivity index (χ1) is 13.4. The smallest absolute Gasteiger partial charge is 0.249 e. The summed E-state index contributed by atoms with van der Waals surface area (Å²) in [6, 6.07) is 21.5. The molecule has 0 saturated carbocycles. The van der Waals surface area contributed by atoms with Gasteiger partial charge in [0.15, 0.2) is 0 Å². The number of hydrogen-bond acceptors (Lipinski definition) is 1. The Labute approximate surface area is 167 Å². The number of carbonyl (C=O) groups excluding carboxylic acids is 1. The van der Waals surface area contributed by atoms with Gasteiger partial charge in [0.05, 0.1) is 0 Å². The summed E-state index contributed by atoms with van der Waals surface area (Å²) >= 11 is 0. The normalized spacial score (nSPS) is 13.1. The second-order valence-electron chi connectivity index (χ2n) is 8.31. The summed E-state index contributed by atoms with van der Waals surface area (Å²) in [6.07, 6.45) is 0. The molecule has 3 aromatic carbocycles. The van der Waals surface area contributed by atoms with E-state index in [2.05, 4.69) is 88.4 Å². The molecule has 0 saturated heterocycles. The fourth-order valence-electron chi connectivity index (χ4n) is 4.77. The van der Waals surface area contributed by atoms with Crippen molar-refractivity contribution in [2.45, 2.75) is 45.4 Å². The van der Waals surface area contributed by atoms with Crippen LogP contribution >= 0.6 is 0 Å². The Morgan fingerprint density at radius 3 is 1.75 bits per heavy atom. The van der Waals surface area contributed by atoms with E-state index in [0.29, 0.717) is 5.56 Å². The molecule has 1 aliphatic rings. The van der Waals surface area contributed by atoms with E-state index in [1.807, 2.05) is 0 Å². The van der Waals surface area contributed by atoms with Crippen molar-refractivity contribution in [3.05, 3.63) is 94.0 Å². The van der Waals surface area contributed by atoms with Crippen molar-refractivity contribution in [3.8, 4) is 11.1 Å². The number of fused-ring (bicyclic) bond motifs is 3. The third kappa shape index (κ3) is 2.75. The molecule has 1 aliphatic carbocycles. The zero-order valence-electron chi connectivity index (χ0n) is 17.0. The van der Waals surface area contributed by atoms with Gasteiger partial charge in [0.1, 0.15) is 0 Å². The van der Waals surface area contributed by atoms with Crippen LogP contribution in [0.3, 0.4) is 0 Å². The van der Waals surface area contributed by atoms with Gasteiger partial charge >= 0.3 is 0 Å². The van der Waals surface area contributed by atoms with Crippen LogP contribution in [0.5, 0.6) is 0 Å². The maximum atomic E-state index is 12.5. The van der Waals surface area contributed by atoms with E-state index >= 15 is 0 Å². The fraction of sp³-hybridized carbons (Fsp3) is 0.269. The summed E-state index contributed by atoms with van der Waals surface area (Å²) in [6.45, 7) is 8.54. The minimum atomic E-state index is -0.325. The van der Waals surface area contributed by atoms with E-state index in [-0.39, 0.29) is 23.7 Å². The minimum absolute atomic E-state index is 0.129. The van der Waals surface area contributed by atoms with Crippen molar-refractivity contribution >= 4 is 5.91 Å². The van der Waals surface area contributed by atoms with Gasteiger partial charge in [-0.05, 0) is 50.8 Å². The van der Waals surface area contributed by atoms with Gasteiger partial charge < -0.3 is 5.73 Å². The van der Waals surface area contributed by atoms with Crippen molar-refractivity contribution in [1.82, 2.24) is 0 Å². The first kappa shape index (κ1) is 18.5. The second-order valence-corrected chi connectivity index (χ2v) is 8.31. The topological polar surface area (TPSA) is 43.1 Å². The predicted molar refractivity (Wildman–Crippen MR) is 116 cm³/mol. The molecule has 0 aromatic heterocycles. The molecule has 1 amide bonds. The lowest BCUT2D eigenvalue weighted by Crippen LogP contribution is -2.20. The largest absolute Gasteiger partial charge is 0.366 e. The molecule has 4 rings (SSSR count). The van der Waals surface area contributed by atoms with Crippen LogP contribution < -0.4 is 5.73 Å². The van der Waals surface area contributed by atoms with Crippen molar-refractivity contribution in [3.63, 3.8) is 0 Å². The van der Waals surface area contributed by atoms with Crippen molar-refractivity contribution < 1.29 is 4.79 Å². The lowest BCUT2D eigenvalue weighted by molar-refractivity contribution is 0.0997. The number of primary amides is 1. The summed E-state index contributed by atoms with van der Waals surface area (Å²) in [7, 11) is 0. The van der Waals surface area contributed by atoms with Crippen LogP contribution in [0.1, 0.15) is 83.6 Å². The summed E-state index contributed by atoms with van der Waals surface area (Å²) in [5.41, 5.74) is 15.1. The van der Waals surface area contributed by atoms with Crippen LogP contribution in [0.15, 0.2) is 60.7 Å². The fourth-order valence-corrected chi connectivity index (χ4v) is 4.77. The highest BCUT2D eigenvalue weighted by Gasteiger charge is 2.33. The summed E-state index contributed by atoms with van der Waals surface area (Å²) < 4.78 is 0. The highest BCUT2D eigenvalue weighted by Crippen LogP contribution is 2.50. The Kier molecular flexibility index (Phi) is 4.58. The van der Waals surface area contributed by atoms with E-state index in [1.54, 1.807) is 0 Å². The monoisotopic (exact) mass is 369 g/mol. The lowest BCUT2D eigenvalue weighted by Gasteiger charge is -2.25. The highest BCUT2D eigenvalue weighted by atomic mass is 16.1. The molecule has 2 nitrogen and oxygen atoms in total. The molecular weight excluding hydrogens is 342 g/mol. The van der Waals surface area contributed by atoms with Crippen molar-refractivity contribution in [2.24, 2.45) is 5.73 Å². The molecule has 3 aromatic rings. The van der Waals surface area contributed by atoms with Gasteiger partial charge in [-0.3, -0.25) is 4.79 Å². The predicted octanol–water partition coefficient (Wildman–Crippen LogP) is 6.19. The average molecular weight is 370 g/mol. The minimum Gasteiger partial charge on any atom is -0.366 e. The van der Waals surface area contributed by atoms with Crippen LogP contribution in [0.4, 0.5) is 0 Å². The first-order valence-corrected chi connectivity index (χ1v) is 10.1. The molecule has 0 fully saturated rings. The molecule has 0 bridgehead atoms. The molecule has 2 N–H and O–H groups in total. The van der Waals surface area contributed by atoms with E-state index in [0.717, 1.165) is 11.1 Å². The van der Waals surface area contributed by atoms with E-state index < -0.39 is 0 Å². The van der Waals surface area contributed by atoms with Gasteiger partial charge in [0, 0.05) is 11.5 Å². The Morgan fingerprint density at radius 2 is 1.29 bits per heavy atom. The Morgan fingerprint density at radius 1 is 0.750 bits per heavy atom. The second kappa shape index (κ2) is 6.94. The summed E-state index contributed by atoms with van der Waals surface area (Å²) in [4.78, 5) is 12.5. The average Bonchev–Trinajstić information content (AvgIpc) is 3.01. The molecule has 0 spiro atoms. The molecule has 142 valence electrons. The molecule has 0 aliphatic heterocycles. The Hall–Kier alpha value is -2.87. The van der Waals surface area contributed by atoms with Crippen molar-refractivity contribution in [2.75, 3.05) is 0 Å². The van der Waals surface area contributed by atoms with Gasteiger partial charge in [-0.1, -0.05) is 88.4 Å². The van der Waals surface area contributed by atoms with Gasteiger partial charge in [-0.2, -0.15) is 0 Å².